The Morgan fingerprint density at radius 2 is 1.71 bits per heavy atom. The van der Waals surface area contributed by atoms with Crippen LogP contribution in [0.1, 0.15) is 16.1 Å². The van der Waals surface area contributed by atoms with Crippen molar-refractivity contribution in [3.05, 3.63) is 75.8 Å². The van der Waals surface area contributed by atoms with E-state index in [9.17, 15) is 18.0 Å². The third kappa shape index (κ3) is 2.25. The predicted molar refractivity (Wildman–Crippen MR) is 74.8 cm³/mol. The molecule has 0 atom stereocenters. The van der Waals surface area contributed by atoms with Gasteiger partial charge in [-0.15, -0.1) is 0 Å². The minimum absolute atomic E-state index is 0.233. The Hall–Kier alpha value is -2.08. The summed E-state index contributed by atoms with van der Waals surface area (Å²) in [6.45, 7) is 0. The third-order valence-electron chi connectivity index (χ3n) is 3.12. The quantitative estimate of drug-likeness (QED) is 0.495. The van der Waals surface area contributed by atoms with E-state index in [1.54, 1.807) is 34.9 Å². The lowest BCUT2D eigenvalue weighted by Crippen LogP contribution is -2.07. The number of rotatable bonds is 2. The molecule has 0 saturated carbocycles. The molecule has 2 nitrogen and oxygen atoms in total. The molecule has 0 radical (unpaired) electrons. The number of aromatic nitrogens is 1. The molecule has 21 heavy (non-hydrogen) atoms. The van der Waals surface area contributed by atoms with Gasteiger partial charge in [0.15, 0.2) is 17.5 Å². The Bertz CT molecular complexity index is 849. The molecule has 106 valence electrons. The van der Waals surface area contributed by atoms with Crippen LogP contribution in [0.3, 0.4) is 0 Å². The first kappa shape index (κ1) is 13.9. The Morgan fingerprint density at radius 3 is 2.38 bits per heavy atom. The summed E-state index contributed by atoms with van der Waals surface area (Å²) in [6, 6.07) is 8.16. The molecular weight excluding hydrogens is 347 g/mol. The van der Waals surface area contributed by atoms with Crippen molar-refractivity contribution in [3.63, 3.8) is 0 Å². The molecule has 0 amide bonds. The van der Waals surface area contributed by atoms with Crippen LogP contribution in [0.25, 0.3) is 5.52 Å². The summed E-state index contributed by atoms with van der Waals surface area (Å²) in [7, 11) is 0. The molecular formula is C15H7BrF3NO. The molecule has 0 aliphatic rings. The summed E-state index contributed by atoms with van der Waals surface area (Å²) in [5.74, 6) is -4.96. The van der Waals surface area contributed by atoms with Crippen molar-refractivity contribution < 1.29 is 18.0 Å². The molecule has 3 rings (SSSR count). The molecule has 0 spiro atoms. The van der Waals surface area contributed by atoms with E-state index in [0.29, 0.717) is 12.1 Å². The fraction of sp³-hybridized carbons (Fsp3) is 0. The number of ketones is 1. The Morgan fingerprint density at radius 1 is 1.05 bits per heavy atom. The van der Waals surface area contributed by atoms with Gasteiger partial charge in [0.2, 0.25) is 5.78 Å². The molecule has 2 aromatic heterocycles. The summed E-state index contributed by atoms with van der Waals surface area (Å²) in [4.78, 5) is 12.4. The second-order valence-corrected chi connectivity index (χ2v) is 5.27. The minimum Gasteiger partial charge on any atom is -0.313 e. The highest BCUT2D eigenvalue weighted by Gasteiger charge is 2.18. The topological polar surface area (TPSA) is 21.5 Å². The Balaban J connectivity index is 2.15. The van der Waals surface area contributed by atoms with Gasteiger partial charge in [-0.3, -0.25) is 4.79 Å². The van der Waals surface area contributed by atoms with Crippen molar-refractivity contribution in [1.29, 1.82) is 0 Å². The highest BCUT2D eigenvalue weighted by Crippen LogP contribution is 2.23. The second-order valence-electron chi connectivity index (χ2n) is 4.41. The lowest BCUT2D eigenvalue weighted by Gasteiger charge is -2.05. The number of hydrogen-bond donors (Lipinski definition) is 0. The van der Waals surface area contributed by atoms with E-state index >= 15 is 0 Å². The van der Waals surface area contributed by atoms with Crippen LogP contribution in [0.2, 0.25) is 0 Å². The number of carbonyl (C=O) groups excluding carboxylic acids is 1. The van der Waals surface area contributed by atoms with Gasteiger partial charge >= 0.3 is 0 Å². The van der Waals surface area contributed by atoms with Gasteiger partial charge in [-0.05, 0) is 52.3 Å². The standard InChI is InChI=1S/C15H7BrF3NO/c16-9-2-1-5-20-12(9)3-4-13(20)15(21)8-6-10(17)14(19)11(18)7-8/h1-7H. The Labute approximate surface area is 125 Å². The fourth-order valence-electron chi connectivity index (χ4n) is 2.12. The molecule has 0 saturated heterocycles. The van der Waals surface area contributed by atoms with E-state index in [-0.39, 0.29) is 11.3 Å². The number of fused-ring (bicyclic) bond motifs is 1. The van der Waals surface area contributed by atoms with E-state index in [0.717, 1.165) is 9.99 Å². The van der Waals surface area contributed by atoms with E-state index in [1.165, 1.54) is 0 Å². The van der Waals surface area contributed by atoms with Crippen LogP contribution in [0.4, 0.5) is 13.2 Å². The van der Waals surface area contributed by atoms with Crippen molar-refractivity contribution in [2.24, 2.45) is 0 Å². The minimum atomic E-state index is -1.59. The number of halogens is 4. The summed E-state index contributed by atoms with van der Waals surface area (Å²) in [5, 5.41) is 0. The number of nitrogens with zero attached hydrogens (tertiary/aromatic N) is 1. The van der Waals surface area contributed by atoms with Gasteiger partial charge in [-0.1, -0.05) is 0 Å². The molecule has 0 aliphatic carbocycles. The van der Waals surface area contributed by atoms with Gasteiger partial charge in [-0.2, -0.15) is 0 Å². The van der Waals surface area contributed by atoms with E-state index < -0.39 is 23.2 Å². The third-order valence-corrected chi connectivity index (χ3v) is 3.79. The largest absolute Gasteiger partial charge is 0.313 e. The first-order valence-electron chi connectivity index (χ1n) is 5.94. The molecule has 1 aromatic carbocycles. The van der Waals surface area contributed by atoms with Crippen LogP contribution in [0, 0.1) is 17.5 Å². The molecule has 2 heterocycles. The van der Waals surface area contributed by atoms with Crippen LogP contribution >= 0.6 is 15.9 Å². The highest BCUT2D eigenvalue weighted by molar-refractivity contribution is 9.10. The van der Waals surface area contributed by atoms with Crippen LogP contribution in [-0.2, 0) is 0 Å². The van der Waals surface area contributed by atoms with Crippen LogP contribution in [-0.4, -0.2) is 10.2 Å². The molecule has 0 fully saturated rings. The number of hydrogen-bond acceptors (Lipinski definition) is 1. The van der Waals surface area contributed by atoms with Gasteiger partial charge in [0.1, 0.15) is 0 Å². The molecule has 6 heteroatoms. The van der Waals surface area contributed by atoms with Crippen molar-refractivity contribution in [2.75, 3.05) is 0 Å². The average Bonchev–Trinajstić information content (AvgIpc) is 2.89. The average molecular weight is 354 g/mol. The van der Waals surface area contributed by atoms with Gasteiger partial charge in [-0.25, -0.2) is 13.2 Å². The lowest BCUT2D eigenvalue weighted by molar-refractivity contribution is 0.103. The predicted octanol–water partition coefficient (Wildman–Crippen LogP) is 4.35. The number of pyridine rings is 1. The zero-order valence-corrected chi connectivity index (χ0v) is 12.0. The fourth-order valence-corrected chi connectivity index (χ4v) is 2.60. The van der Waals surface area contributed by atoms with Crippen LogP contribution < -0.4 is 0 Å². The normalized spacial score (nSPS) is 11.0. The van der Waals surface area contributed by atoms with Crippen molar-refractivity contribution in [2.45, 2.75) is 0 Å². The van der Waals surface area contributed by atoms with Gasteiger partial charge < -0.3 is 4.40 Å². The monoisotopic (exact) mass is 353 g/mol. The summed E-state index contributed by atoms with van der Waals surface area (Å²) in [6.07, 6.45) is 1.66. The SMILES string of the molecule is O=C(c1cc(F)c(F)c(F)c1)c1ccc2c(Br)cccn12. The van der Waals surface area contributed by atoms with E-state index in [4.69, 9.17) is 0 Å². The van der Waals surface area contributed by atoms with Gasteiger partial charge in [0.25, 0.3) is 0 Å². The summed E-state index contributed by atoms with van der Waals surface area (Å²) in [5.41, 5.74) is 0.729. The van der Waals surface area contributed by atoms with E-state index in [1.807, 2.05) is 0 Å². The maximum absolute atomic E-state index is 13.2. The van der Waals surface area contributed by atoms with Crippen molar-refractivity contribution in [1.82, 2.24) is 4.40 Å². The van der Waals surface area contributed by atoms with Gasteiger partial charge in [0, 0.05) is 16.2 Å². The van der Waals surface area contributed by atoms with Crippen LogP contribution in [0.15, 0.2) is 47.1 Å². The molecule has 0 bridgehead atoms. The second kappa shape index (κ2) is 5.04. The number of carbonyl (C=O) groups is 1. The zero-order valence-electron chi connectivity index (χ0n) is 10.4. The maximum Gasteiger partial charge on any atom is 0.209 e. The lowest BCUT2D eigenvalue weighted by atomic mass is 10.1. The smallest absolute Gasteiger partial charge is 0.209 e. The first-order valence-corrected chi connectivity index (χ1v) is 6.73. The van der Waals surface area contributed by atoms with Crippen molar-refractivity contribution >= 4 is 27.2 Å². The number of benzene rings is 1. The van der Waals surface area contributed by atoms with E-state index in [2.05, 4.69) is 15.9 Å². The van der Waals surface area contributed by atoms with Gasteiger partial charge in [0.05, 0.1) is 11.2 Å². The molecule has 0 unspecified atom stereocenters. The summed E-state index contributed by atoms with van der Waals surface area (Å²) < 4.78 is 41.8. The Kier molecular flexibility index (Phi) is 3.33. The molecule has 3 aromatic rings. The first-order chi connectivity index (χ1) is 9.99. The zero-order chi connectivity index (χ0) is 15.1. The van der Waals surface area contributed by atoms with Crippen LogP contribution in [0.5, 0.6) is 0 Å². The maximum atomic E-state index is 13.2. The van der Waals surface area contributed by atoms with Crippen molar-refractivity contribution in [3.8, 4) is 0 Å². The molecule has 0 N–H and O–H groups in total. The summed E-state index contributed by atoms with van der Waals surface area (Å²) >= 11 is 3.35. The highest BCUT2D eigenvalue weighted by atomic mass is 79.9. The molecule has 0 aliphatic heterocycles.